The molecular weight excluding hydrogens is 254 g/mol. The molecule has 0 aliphatic rings. The lowest BCUT2D eigenvalue weighted by molar-refractivity contribution is -0.00602. The molecule has 3 unspecified atom stereocenters. The average Bonchev–Trinajstić information content (AvgIpc) is 2.51. The summed E-state index contributed by atoms with van der Waals surface area (Å²) in [7, 11) is 0. The number of hydrogen-bond donors (Lipinski definition) is 3. The molecule has 0 aliphatic heterocycles. The monoisotopic (exact) mass is 281 g/mol. The van der Waals surface area contributed by atoms with Crippen molar-refractivity contribution in [3.05, 3.63) is 35.9 Å². The molecule has 114 valence electrons. The van der Waals surface area contributed by atoms with E-state index in [0.29, 0.717) is 6.54 Å². The summed E-state index contributed by atoms with van der Waals surface area (Å²) < 4.78 is 5.67. The first-order chi connectivity index (χ1) is 9.50. The van der Waals surface area contributed by atoms with E-state index >= 15 is 0 Å². The SMILES string of the molecule is CCC(C)(CO)NCC(O)COC(C)c1ccccc1. The molecule has 0 spiro atoms. The molecule has 4 nitrogen and oxygen atoms in total. The Morgan fingerprint density at radius 3 is 2.50 bits per heavy atom. The number of benzene rings is 1. The van der Waals surface area contributed by atoms with Crippen LogP contribution in [0.25, 0.3) is 0 Å². The second kappa shape index (κ2) is 8.37. The standard InChI is InChI=1S/C16H27NO3/c1-4-16(3,12-18)17-10-15(19)11-20-13(2)14-8-6-5-7-9-14/h5-9,13,15,17-19H,4,10-12H2,1-3H3. The summed E-state index contributed by atoms with van der Waals surface area (Å²) in [5.74, 6) is 0. The average molecular weight is 281 g/mol. The van der Waals surface area contributed by atoms with Crippen molar-refractivity contribution in [2.24, 2.45) is 0 Å². The number of aliphatic hydroxyl groups excluding tert-OH is 2. The Morgan fingerprint density at radius 1 is 1.30 bits per heavy atom. The van der Waals surface area contributed by atoms with Crippen molar-refractivity contribution in [2.75, 3.05) is 19.8 Å². The number of hydrogen-bond acceptors (Lipinski definition) is 4. The Kier molecular flexibility index (Phi) is 7.16. The van der Waals surface area contributed by atoms with Gasteiger partial charge in [-0.25, -0.2) is 0 Å². The van der Waals surface area contributed by atoms with Crippen LogP contribution in [0.2, 0.25) is 0 Å². The minimum Gasteiger partial charge on any atom is -0.394 e. The molecule has 0 heterocycles. The van der Waals surface area contributed by atoms with E-state index in [1.54, 1.807) is 0 Å². The minimum absolute atomic E-state index is 0.0405. The molecule has 20 heavy (non-hydrogen) atoms. The Balaban J connectivity index is 2.31. The molecule has 1 aromatic rings. The number of rotatable bonds is 9. The summed E-state index contributed by atoms with van der Waals surface area (Å²) in [5.41, 5.74) is 0.757. The van der Waals surface area contributed by atoms with Gasteiger partial charge in [-0.2, -0.15) is 0 Å². The van der Waals surface area contributed by atoms with E-state index in [4.69, 9.17) is 4.74 Å². The highest BCUT2D eigenvalue weighted by Gasteiger charge is 2.21. The lowest BCUT2D eigenvalue weighted by Crippen LogP contribution is -2.48. The molecule has 0 bridgehead atoms. The molecule has 1 rings (SSSR count). The van der Waals surface area contributed by atoms with Gasteiger partial charge in [-0.3, -0.25) is 0 Å². The first-order valence-corrected chi connectivity index (χ1v) is 7.21. The second-order valence-electron chi connectivity index (χ2n) is 5.49. The summed E-state index contributed by atoms with van der Waals surface area (Å²) in [6.07, 6.45) is 0.178. The van der Waals surface area contributed by atoms with Crippen LogP contribution in [0.1, 0.15) is 38.9 Å². The molecule has 3 N–H and O–H groups in total. The van der Waals surface area contributed by atoms with Crippen LogP contribution >= 0.6 is 0 Å². The lowest BCUT2D eigenvalue weighted by atomic mass is 10.0. The van der Waals surface area contributed by atoms with Gasteiger partial charge in [-0.1, -0.05) is 37.3 Å². The number of aliphatic hydroxyl groups is 2. The van der Waals surface area contributed by atoms with E-state index in [1.807, 2.05) is 51.1 Å². The quantitative estimate of drug-likeness (QED) is 0.647. The highest BCUT2D eigenvalue weighted by atomic mass is 16.5. The molecular formula is C16H27NO3. The molecule has 0 aliphatic carbocycles. The van der Waals surface area contributed by atoms with Crippen molar-refractivity contribution in [1.82, 2.24) is 5.32 Å². The van der Waals surface area contributed by atoms with Gasteiger partial charge in [0.1, 0.15) is 0 Å². The molecule has 1 aromatic carbocycles. The number of ether oxygens (including phenoxy) is 1. The van der Waals surface area contributed by atoms with Crippen molar-refractivity contribution in [3.63, 3.8) is 0 Å². The van der Waals surface area contributed by atoms with E-state index in [-0.39, 0.29) is 24.9 Å². The highest BCUT2D eigenvalue weighted by molar-refractivity contribution is 5.16. The van der Waals surface area contributed by atoms with Crippen LogP contribution in [-0.4, -0.2) is 41.6 Å². The van der Waals surface area contributed by atoms with Gasteiger partial charge in [0, 0.05) is 12.1 Å². The van der Waals surface area contributed by atoms with Crippen LogP contribution in [0.5, 0.6) is 0 Å². The molecule has 0 aromatic heterocycles. The second-order valence-corrected chi connectivity index (χ2v) is 5.49. The van der Waals surface area contributed by atoms with Gasteiger partial charge in [0.2, 0.25) is 0 Å². The van der Waals surface area contributed by atoms with E-state index in [0.717, 1.165) is 12.0 Å². The molecule has 4 heteroatoms. The van der Waals surface area contributed by atoms with Crippen molar-refractivity contribution in [3.8, 4) is 0 Å². The van der Waals surface area contributed by atoms with E-state index in [1.165, 1.54) is 0 Å². The first-order valence-electron chi connectivity index (χ1n) is 7.21. The highest BCUT2D eigenvalue weighted by Crippen LogP contribution is 2.16. The van der Waals surface area contributed by atoms with Crippen LogP contribution in [0.15, 0.2) is 30.3 Å². The fourth-order valence-corrected chi connectivity index (χ4v) is 1.79. The Labute approximate surface area is 121 Å². The van der Waals surface area contributed by atoms with E-state index in [2.05, 4.69) is 5.32 Å². The topological polar surface area (TPSA) is 61.7 Å². The summed E-state index contributed by atoms with van der Waals surface area (Å²) in [6, 6.07) is 9.93. The third-order valence-electron chi connectivity index (χ3n) is 3.70. The molecule has 0 radical (unpaired) electrons. The maximum atomic E-state index is 9.93. The van der Waals surface area contributed by atoms with Crippen LogP contribution in [-0.2, 0) is 4.74 Å². The normalized spacial score (nSPS) is 17.4. The summed E-state index contributed by atoms with van der Waals surface area (Å²) in [4.78, 5) is 0. The van der Waals surface area contributed by atoms with Gasteiger partial charge >= 0.3 is 0 Å². The summed E-state index contributed by atoms with van der Waals surface area (Å²) in [5, 5.41) is 22.4. The molecule has 0 fully saturated rings. The summed E-state index contributed by atoms with van der Waals surface area (Å²) in [6.45, 7) is 6.65. The van der Waals surface area contributed by atoms with Gasteiger partial charge in [-0.15, -0.1) is 0 Å². The number of β-amino-alcohol motifs (C(OH)–C–C–N with tert-alkyl or cyclic N) is 1. The van der Waals surface area contributed by atoms with Crippen LogP contribution < -0.4 is 5.32 Å². The van der Waals surface area contributed by atoms with Crippen molar-refractivity contribution in [2.45, 2.75) is 44.9 Å². The fraction of sp³-hybridized carbons (Fsp3) is 0.625. The number of nitrogens with one attached hydrogen (secondary N) is 1. The third kappa shape index (κ3) is 5.59. The van der Waals surface area contributed by atoms with Crippen LogP contribution in [0, 0.1) is 0 Å². The predicted octanol–water partition coefficient (Wildman–Crippen LogP) is 1.88. The van der Waals surface area contributed by atoms with Crippen LogP contribution in [0.4, 0.5) is 0 Å². The lowest BCUT2D eigenvalue weighted by Gasteiger charge is -2.29. The zero-order valence-electron chi connectivity index (χ0n) is 12.7. The van der Waals surface area contributed by atoms with Crippen LogP contribution in [0.3, 0.4) is 0 Å². The minimum atomic E-state index is -0.585. The van der Waals surface area contributed by atoms with Gasteiger partial charge in [-0.05, 0) is 25.8 Å². The van der Waals surface area contributed by atoms with Gasteiger partial charge in [0.15, 0.2) is 0 Å². The summed E-state index contributed by atoms with van der Waals surface area (Å²) >= 11 is 0. The van der Waals surface area contributed by atoms with E-state index in [9.17, 15) is 10.2 Å². The Hall–Kier alpha value is -0.940. The molecule has 0 saturated heterocycles. The van der Waals surface area contributed by atoms with Gasteiger partial charge < -0.3 is 20.3 Å². The predicted molar refractivity (Wildman–Crippen MR) is 80.6 cm³/mol. The molecule has 0 saturated carbocycles. The largest absolute Gasteiger partial charge is 0.394 e. The molecule has 3 atom stereocenters. The fourth-order valence-electron chi connectivity index (χ4n) is 1.79. The Morgan fingerprint density at radius 2 is 1.95 bits per heavy atom. The zero-order valence-corrected chi connectivity index (χ0v) is 12.7. The third-order valence-corrected chi connectivity index (χ3v) is 3.70. The van der Waals surface area contributed by atoms with Crippen molar-refractivity contribution < 1.29 is 14.9 Å². The molecule has 0 amide bonds. The van der Waals surface area contributed by atoms with Gasteiger partial charge in [0.05, 0.1) is 25.4 Å². The van der Waals surface area contributed by atoms with Crippen molar-refractivity contribution in [1.29, 1.82) is 0 Å². The first kappa shape index (κ1) is 17.1. The Bertz CT molecular complexity index is 365. The zero-order chi connectivity index (χ0) is 15.0. The maximum absolute atomic E-state index is 9.93. The smallest absolute Gasteiger partial charge is 0.0898 e. The van der Waals surface area contributed by atoms with Gasteiger partial charge in [0.25, 0.3) is 0 Å². The maximum Gasteiger partial charge on any atom is 0.0898 e. The van der Waals surface area contributed by atoms with E-state index < -0.39 is 6.10 Å². The van der Waals surface area contributed by atoms with Crippen molar-refractivity contribution >= 4 is 0 Å².